The normalized spacial score (nSPS) is 18.8. The van der Waals surface area contributed by atoms with Crippen molar-refractivity contribution in [2.24, 2.45) is 0 Å². The number of aliphatic hydroxyl groups excluding tert-OH is 1. The number of aromatic nitrogens is 2. The number of thiophene rings is 1. The zero-order valence-corrected chi connectivity index (χ0v) is 23.8. The fourth-order valence-electron chi connectivity index (χ4n) is 5.82. The highest BCUT2D eigenvalue weighted by Crippen LogP contribution is 2.54. The highest BCUT2D eigenvalue weighted by molar-refractivity contribution is 7.10. The third-order valence-electron chi connectivity index (χ3n) is 8.49. The predicted octanol–water partition coefficient (Wildman–Crippen LogP) is 4.71. The number of aliphatic hydroxyl groups is 1. The van der Waals surface area contributed by atoms with E-state index in [0.29, 0.717) is 49.4 Å². The monoisotopic (exact) mass is 614 g/mol. The number of nitrogens with zero attached hydrogens (tertiary/aromatic N) is 3. The van der Waals surface area contributed by atoms with Crippen molar-refractivity contribution in [3.63, 3.8) is 0 Å². The SMILES string of the molecule is O=C(O)N1CC=C(c2csc(C3(c4nc5c(c(=O)[nH]4)CN(C(=O)C(O)c4cccc(C(F)(F)F)c4)CCC5)CC3)c2)CC1. The van der Waals surface area contributed by atoms with Crippen LogP contribution >= 0.6 is 11.3 Å². The lowest BCUT2D eigenvalue weighted by Gasteiger charge is -2.24. The highest BCUT2D eigenvalue weighted by Gasteiger charge is 2.50. The maximum absolute atomic E-state index is 13.4. The number of amides is 2. The van der Waals surface area contributed by atoms with Gasteiger partial charge in [0.15, 0.2) is 6.10 Å². The average molecular weight is 615 g/mol. The van der Waals surface area contributed by atoms with Crippen molar-refractivity contribution in [2.45, 2.75) is 56.3 Å². The number of aryl methyl sites for hydroxylation is 1. The summed E-state index contributed by atoms with van der Waals surface area (Å²) in [4.78, 5) is 49.3. The number of hydrogen-bond acceptors (Lipinski definition) is 6. The maximum atomic E-state index is 13.4. The van der Waals surface area contributed by atoms with Crippen LogP contribution in [-0.2, 0) is 29.4 Å². The average Bonchev–Trinajstić information content (AvgIpc) is 3.70. The van der Waals surface area contributed by atoms with Gasteiger partial charge in [-0.1, -0.05) is 18.2 Å². The van der Waals surface area contributed by atoms with E-state index >= 15 is 0 Å². The molecular formula is C30H29F3N4O5S. The molecular weight excluding hydrogens is 585 g/mol. The molecule has 0 spiro atoms. The summed E-state index contributed by atoms with van der Waals surface area (Å²) in [6.07, 6.45) is -2.25. The van der Waals surface area contributed by atoms with Crippen LogP contribution in [0.1, 0.15) is 70.4 Å². The third kappa shape index (κ3) is 5.58. The Morgan fingerprint density at radius 3 is 2.58 bits per heavy atom. The molecule has 9 nitrogen and oxygen atoms in total. The van der Waals surface area contributed by atoms with Crippen molar-refractivity contribution in [1.82, 2.24) is 19.8 Å². The van der Waals surface area contributed by atoms with Crippen LogP contribution in [0.3, 0.4) is 0 Å². The number of halogens is 3. The molecule has 3 aromatic rings. The first kappa shape index (κ1) is 29.1. The van der Waals surface area contributed by atoms with E-state index < -0.39 is 35.3 Å². The van der Waals surface area contributed by atoms with Crippen LogP contribution in [0.25, 0.3) is 5.57 Å². The molecule has 2 aliphatic heterocycles. The Labute approximate surface area is 248 Å². The minimum absolute atomic E-state index is 0.107. The lowest BCUT2D eigenvalue weighted by Crippen LogP contribution is -2.36. The summed E-state index contributed by atoms with van der Waals surface area (Å²) in [5.74, 6) is -0.202. The summed E-state index contributed by atoms with van der Waals surface area (Å²) in [7, 11) is 0. The van der Waals surface area contributed by atoms with Crippen LogP contribution in [0, 0.1) is 0 Å². The van der Waals surface area contributed by atoms with Gasteiger partial charge in [0.1, 0.15) is 5.82 Å². The molecule has 6 rings (SSSR count). The number of nitrogens with one attached hydrogen (secondary N) is 1. The lowest BCUT2D eigenvalue weighted by atomic mass is 9.98. The standard InChI is InChI=1S/C30H29F3N4O5S/c31-30(32,33)20-4-1-3-18(13-20)24(38)26(40)37-10-2-5-22-21(15-37)25(39)35-27(34-22)29(8-9-29)23-14-19(16-43-23)17-6-11-36(12-7-17)28(41)42/h1,3-4,6,13-14,16,24,38H,2,5,7-12,15H2,(H,41,42)(H,34,35,39). The van der Waals surface area contributed by atoms with E-state index in [4.69, 9.17) is 4.98 Å². The Bertz CT molecular complexity index is 1680. The predicted molar refractivity (Wildman–Crippen MR) is 152 cm³/mol. The highest BCUT2D eigenvalue weighted by atomic mass is 32.1. The molecule has 43 heavy (non-hydrogen) atoms. The molecule has 3 N–H and O–H groups in total. The molecule has 1 atom stereocenters. The number of carbonyl (C=O) groups is 2. The molecule has 4 heterocycles. The van der Waals surface area contributed by atoms with Gasteiger partial charge in [-0.05, 0) is 72.4 Å². The molecule has 0 radical (unpaired) electrons. The van der Waals surface area contributed by atoms with Gasteiger partial charge in [0.05, 0.1) is 28.8 Å². The Morgan fingerprint density at radius 1 is 1.12 bits per heavy atom. The summed E-state index contributed by atoms with van der Waals surface area (Å²) in [6.45, 7) is 0.892. The fourth-order valence-corrected chi connectivity index (χ4v) is 7.02. The number of alkyl halides is 3. The first-order valence-corrected chi connectivity index (χ1v) is 14.9. The third-order valence-corrected chi connectivity index (χ3v) is 9.63. The van der Waals surface area contributed by atoms with E-state index in [1.54, 1.807) is 11.3 Å². The van der Waals surface area contributed by atoms with Gasteiger partial charge in [-0.3, -0.25) is 9.59 Å². The molecule has 1 aliphatic carbocycles. The van der Waals surface area contributed by atoms with Crippen LogP contribution in [0.2, 0.25) is 0 Å². The van der Waals surface area contributed by atoms with Crippen LogP contribution < -0.4 is 5.56 Å². The molecule has 0 bridgehead atoms. The second kappa shape index (κ2) is 10.9. The summed E-state index contributed by atoms with van der Waals surface area (Å²) in [6, 6.07) is 6.14. The Balaban J connectivity index is 1.21. The molecule has 1 unspecified atom stereocenters. The Morgan fingerprint density at radius 2 is 1.91 bits per heavy atom. The van der Waals surface area contributed by atoms with E-state index in [1.807, 2.05) is 6.08 Å². The molecule has 13 heteroatoms. The van der Waals surface area contributed by atoms with Gasteiger partial charge >= 0.3 is 12.3 Å². The van der Waals surface area contributed by atoms with Gasteiger partial charge in [-0.15, -0.1) is 11.3 Å². The molecule has 1 saturated carbocycles. The summed E-state index contributed by atoms with van der Waals surface area (Å²) >= 11 is 1.59. The van der Waals surface area contributed by atoms with E-state index in [0.717, 1.165) is 47.1 Å². The molecule has 1 aromatic carbocycles. The van der Waals surface area contributed by atoms with Crippen molar-refractivity contribution >= 4 is 28.9 Å². The van der Waals surface area contributed by atoms with E-state index in [-0.39, 0.29) is 24.2 Å². The van der Waals surface area contributed by atoms with Crippen molar-refractivity contribution in [1.29, 1.82) is 0 Å². The minimum Gasteiger partial charge on any atom is -0.465 e. The molecule has 1 fully saturated rings. The molecule has 226 valence electrons. The first-order valence-electron chi connectivity index (χ1n) is 14.0. The number of H-pyrrole nitrogens is 1. The second-order valence-corrected chi connectivity index (χ2v) is 12.1. The van der Waals surface area contributed by atoms with E-state index in [2.05, 4.69) is 16.4 Å². The van der Waals surface area contributed by atoms with E-state index in [9.17, 15) is 37.8 Å². The lowest BCUT2D eigenvalue weighted by molar-refractivity contribution is -0.142. The quantitative estimate of drug-likeness (QED) is 0.382. The Kier molecular flexibility index (Phi) is 7.41. The van der Waals surface area contributed by atoms with Crippen LogP contribution in [0.5, 0.6) is 0 Å². The van der Waals surface area contributed by atoms with Gasteiger partial charge in [0.2, 0.25) is 0 Å². The smallest absolute Gasteiger partial charge is 0.416 e. The Hall–Kier alpha value is -3.97. The summed E-state index contributed by atoms with van der Waals surface area (Å²) in [5, 5.41) is 21.9. The number of aromatic amines is 1. The van der Waals surface area contributed by atoms with Gasteiger partial charge < -0.3 is 25.0 Å². The van der Waals surface area contributed by atoms with E-state index in [1.165, 1.54) is 15.9 Å². The topological polar surface area (TPSA) is 127 Å². The molecule has 0 saturated heterocycles. The fraction of sp³-hybridized carbons (Fsp3) is 0.400. The zero-order valence-electron chi connectivity index (χ0n) is 23.0. The molecule has 2 aromatic heterocycles. The van der Waals surface area contributed by atoms with Crippen LogP contribution in [-0.4, -0.2) is 61.6 Å². The van der Waals surface area contributed by atoms with Gasteiger partial charge in [-0.2, -0.15) is 13.2 Å². The van der Waals surface area contributed by atoms with Crippen molar-refractivity contribution in [3.8, 4) is 0 Å². The van der Waals surface area contributed by atoms with Gasteiger partial charge in [-0.25, -0.2) is 9.78 Å². The molecule has 2 amide bonds. The van der Waals surface area contributed by atoms with Crippen LogP contribution in [0.4, 0.5) is 18.0 Å². The van der Waals surface area contributed by atoms with Gasteiger partial charge in [0, 0.05) is 24.5 Å². The second-order valence-electron chi connectivity index (χ2n) is 11.2. The number of fused-ring (bicyclic) bond motifs is 1. The van der Waals surface area contributed by atoms with Crippen molar-refractivity contribution in [2.75, 3.05) is 19.6 Å². The largest absolute Gasteiger partial charge is 0.465 e. The van der Waals surface area contributed by atoms with Crippen LogP contribution in [0.15, 0.2) is 46.6 Å². The number of benzene rings is 1. The minimum atomic E-state index is -4.61. The number of carbonyl (C=O) groups excluding carboxylic acids is 1. The number of hydrogen-bond donors (Lipinski definition) is 3. The van der Waals surface area contributed by atoms with Crippen molar-refractivity contribution < 1.29 is 33.0 Å². The zero-order chi connectivity index (χ0) is 30.5. The van der Waals surface area contributed by atoms with Crippen molar-refractivity contribution in [3.05, 3.63) is 90.8 Å². The maximum Gasteiger partial charge on any atom is 0.416 e. The first-order chi connectivity index (χ1) is 20.5. The number of rotatable bonds is 5. The summed E-state index contributed by atoms with van der Waals surface area (Å²) < 4.78 is 39.5. The molecule has 3 aliphatic rings. The summed E-state index contributed by atoms with van der Waals surface area (Å²) in [5.41, 5.74) is 1.11. The van der Waals surface area contributed by atoms with Gasteiger partial charge in [0.25, 0.3) is 11.5 Å². The number of carboxylic acid groups (broad SMARTS) is 1.